The summed E-state index contributed by atoms with van der Waals surface area (Å²) in [6.07, 6.45) is 5.46. The SMILES string of the molecule is C=C1CCc2ccc(OCCCC=O)cc2C1. The molecule has 0 radical (unpaired) electrons. The minimum absolute atomic E-state index is 0.571. The average molecular weight is 230 g/mol. The highest BCUT2D eigenvalue weighted by Gasteiger charge is 2.12. The fourth-order valence-electron chi connectivity index (χ4n) is 2.13. The lowest BCUT2D eigenvalue weighted by Gasteiger charge is -2.18. The fraction of sp³-hybridized carbons (Fsp3) is 0.400. The van der Waals surface area contributed by atoms with Crippen molar-refractivity contribution in [1.82, 2.24) is 0 Å². The lowest BCUT2D eigenvalue weighted by molar-refractivity contribution is -0.108. The van der Waals surface area contributed by atoms with Crippen molar-refractivity contribution in [1.29, 1.82) is 0 Å². The second-order valence-corrected chi connectivity index (χ2v) is 4.51. The topological polar surface area (TPSA) is 26.3 Å². The van der Waals surface area contributed by atoms with Crippen LogP contribution >= 0.6 is 0 Å². The zero-order chi connectivity index (χ0) is 12.1. The number of rotatable bonds is 5. The van der Waals surface area contributed by atoms with Crippen LogP contribution in [0.3, 0.4) is 0 Å². The van der Waals surface area contributed by atoms with Crippen molar-refractivity contribution >= 4 is 6.29 Å². The molecular formula is C15H18O2. The Morgan fingerprint density at radius 2 is 2.18 bits per heavy atom. The van der Waals surface area contributed by atoms with E-state index >= 15 is 0 Å². The van der Waals surface area contributed by atoms with Gasteiger partial charge >= 0.3 is 0 Å². The predicted molar refractivity (Wildman–Crippen MR) is 68.4 cm³/mol. The van der Waals surface area contributed by atoms with Crippen LogP contribution in [0.15, 0.2) is 30.4 Å². The van der Waals surface area contributed by atoms with Crippen LogP contribution in [0.4, 0.5) is 0 Å². The lowest BCUT2D eigenvalue weighted by atomic mass is 9.89. The molecule has 0 heterocycles. The van der Waals surface area contributed by atoms with Gasteiger partial charge in [-0.2, -0.15) is 0 Å². The first-order valence-electron chi connectivity index (χ1n) is 6.14. The molecule has 0 saturated carbocycles. The quantitative estimate of drug-likeness (QED) is 0.441. The van der Waals surface area contributed by atoms with E-state index in [0.29, 0.717) is 13.0 Å². The Balaban J connectivity index is 1.98. The molecule has 0 saturated heterocycles. The summed E-state index contributed by atoms with van der Waals surface area (Å²) in [6, 6.07) is 6.28. The van der Waals surface area contributed by atoms with Crippen LogP contribution in [0.1, 0.15) is 30.4 Å². The number of hydrogen-bond donors (Lipinski definition) is 0. The van der Waals surface area contributed by atoms with Crippen LogP contribution in [0.2, 0.25) is 0 Å². The van der Waals surface area contributed by atoms with Crippen LogP contribution in [0, 0.1) is 0 Å². The van der Waals surface area contributed by atoms with E-state index in [-0.39, 0.29) is 0 Å². The second-order valence-electron chi connectivity index (χ2n) is 4.51. The van der Waals surface area contributed by atoms with Gasteiger partial charge in [-0.05, 0) is 48.9 Å². The molecule has 0 unspecified atom stereocenters. The molecule has 0 atom stereocenters. The monoisotopic (exact) mass is 230 g/mol. The molecule has 1 aliphatic rings. The van der Waals surface area contributed by atoms with Gasteiger partial charge in [-0.15, -0.1) is 0 Å². The molecule has 2 nitrogen and oxygen atoms in total. The molecule has 0 N–H and O–H groups in total. The van der Waals surface area contributed by atoms with Gasteiger partial charge in [0.1, 0.15) is 12.0 Å². The Kier molecular flexibility index (Phi) is 3.97. The van der Waals surface area contributed by atoms with Gasteiger partial charge in [-0.1, -0.05) is 18.2 Å². The Labute approximate surface area is 102 Å². The average Bonchev–Trinajstić information content (AvgIpc) is 2.34. The molecule has 1 aliphatic carbocycles. The highest BCUT2D eigenvalue weighted by molar-refractivity contribution is 5.49. The summed E-state index contributed by atoms with van der Waals surface area (Å²) in [5.41, 5.74) is 4.06. The Hall–Kier alpha value is -1.57. The zero-order valence-corrected chi connectivity index (χ0v) is 10.1. The summed E-state index contributed by atoms with van der Waals surface area (Å²) >= 11 is 0. The maximum atomic E-state index is 10.2. The molecule has 0 spiro atoms. The standard InChI is InChI=1S/C15H18O2/c1-12-4-5-13-6-7-15(11-14(13)10-12)17-9-3-2-8-16/h6-8,11H,1-5,9-10H2. The molecule has 2 heteroatoms. The van der Waals surface area contributed by atoms with Gasteiger partial charge in [0, 0.05) is 6.42 Å². The third-order valence-corrected chi connectivity index (χ3v) is 3.10. The van der Waals surface area contributed by atoms with Crippen LogP contribution in [0.5, 0.6) is 5.75 Å². The largest absolute Gasteiger partial charge is 0.494 e. The summed E-state index contributed by atoms with van der Waals surface area (Å²) in [7, 11) is 0. The smallest absolute Gasteiger partial charge is 0.120 e. The lowest BCUT2D eigenvalue weighted by Crippen LogP contribution is -2.05. The third kappa shape index (κ3) is 3.19. The number of hydrogen-bond acceptors (Lipinski definition) is 2. The molecule has 17 heavy (non-hydrogen) atoms. The number of benzene rings is 1. The van der Waals surface area contributed by atoms with Crippen LogP contribution in [0.25, 0.3) is 0 Å². The van der Waals surface area contributed by atoms with Gasteiger partial charge in [0.2, 0.25) is 0 Å². The van der Waals surface area contributed by atoms with E-state index in [4.69, 9.17) is 4.74 Å². The first-order valence-corrected chi connectivity index (χ1v) is 6.14. The Morgan fingerprint density at radius 3 is 3.00 bits per heavy atom. The number of aldehydes is 1. The molecule has 1 aromatic carbocycles. The van der Waals surface area contributed by atoms with Crippen molar-refractivity contribution in [2.45, 2.75) is 32.1 Å². The summed E-state index contributed by atoms with van der Waals surface area (Å²) in [5, 5.41) is 0. The predicted octanol–water partition coefficient (Wildman–Crippen LogP) is 3.09. The van der Waals surface area contributed by atoms with Crippen molar-refractivity contribution in [3.63, 3.8) is 0 Å². The first-order chi connectivity index (χ1) is 8.29. The van der Waals surface area contributed by atoms with Crippen molar-refractivity contribution in [3.8, 4) is 5.75 Å². The second kappa shape index (κ2) is 5.67. The highest BCUT2D eigenvalue weighted by Crippen LogP contribution is 2.27. The number of aryl methyl sites for hydroxylation is 1. The van der Waals surface area contributed by atoms with Crippen molar-refractivity contribution in [2.75, 3.05) is 6.61 Å². The van der Waals surface area contributed by atoms with Crippen molar-refractivity contribution in [2.24, 2.45) is 0 Å². The first kappa shape index (κ1) is 11.9. The maximum absolute atomic E-state index is 10.2. The van der Waals surface area contributed by atoms with Crippen molar-refractivity contribution < 1.29 is 9.53 Å². The van der Waals surface area contributed by atoms with E-state index in [1.165, 1.54) is 16.7 Å². The number of unbranched alkanes of at least 4 members (excludes halogenated alkanes) is 1. The zero-order valence-electron chi connectivity index (χ0n) is 10.1. The molecule has 90 valence electrons. The van der Waals surface area contributed by atoms with E-state index in [9.17, 15) is 4.79 Å². The molecule has 0 fully saturated rings. The molecular weight excluding hydrogens is 212 g/mol. The third-order valence-electron chi connectivity index (χ3n) is 3.10. The number of ether oxygens (including phenoxy) is 1. The van der Waals surface area contributed by atoms with E-state index in [1.807, 2.05) is 6.07 Å². The molecule has 2 rings (SSSR count). The molecule has 0 aromatic heterocycles. The minimum Gasteiger partial charge on any atom is -0.494 e. The summed E-state index contributed by atoms with van der Waals surface area (Å²) in [4.78, 5) is 10.2. The van der Waals surface area contributed by atoms with Gasteiger partial charge in [0.25, 0.3) is 0 Å². The normalized spacial score (nSPS) is 14.2. The number of allylic oxidation sites excluding steroid dienone is 1. The number of fused-ring (bicyclic) bond motifs is 1. The van der Waals surface area contributed by atoms with E-state index in [0.717, 1.165) is 37.7 Å². The van der Waals surface area contributed by atoms with Crippen LogP contribution in [-0.2, 0) is 17.6 Å². The number of carbonyl (C=O) groups excluding carboxylic acids is 1. The van der Waals surface area contributed by atoms with Crippen LogP contribution < -0.4 is 4.74 Å². The van der Waals surface area contributed by atoms with Crippen molar-refractivity contribution in [3.05, 3.63) is 41.5 Å². The summed E-state index contributed by atoms with van der Waals surface area (Å²) in [5.74, 6) is 0.907. The molecule has 0 aliphatic heterocycles. The molecule has 0 amide bonds. The highest BCUT2D eigenvalue weighted by atomic mass is 16.5. The molecule has 1 aromatic rings. The van der Waals surface area contributed by atoms with Gasteiger partial charge in [0.15, 0.2) is 0 Å². The fourth-order valence-corrected chi connectivity index (χ4v) is 2.13. The van der Waals surface area contributed by atoms with E-state index in [2.05, 4.69) is 18.7 Å². The Bertz CT molecular complexity index is 421. The van der Waals surface area contributed by atoms with Gasteiger partial charge in [-0.3, -0.25) is 0 Å². The summed E-state index contributed by atoms with van der Waals surface area (Å²) < 4.78 is 5.62. The van der Waals surface area contributed by atoms with Gasteiger partial charge in [-0.25, -0.2) is 0 Å². The van der Waals surface area contributed by atoms with E-state index in [1.54, 1.807) is 0 Å². The summed E-state index contributed by atoms with van der Waals surface area (Å²) in [6.45, 7) is 4.66. The number of carbonyl (C=O) groups is 1. The van der Waals surface area contributed by atoms with Gasteiger partial charge in [0.05, 0.1) is 6.61 Å². The van der Waals surface area contributed by atoms with E-state index < -0.39 is 0 Å². The minimum atomic E-state index is 0.571. The van der Waals surface area contributed by atoms with Gasteiger partial charge < -0.3 is 9.53 Å². The maximum Gasteiger partial charge on any atom is 0.120 e. The van der Waals surface area contributed by atoms with Crippen LogP contribution in [-0.4, -0.2) is 12.9 Å². The Morgan fingerprint density at radius 1 is 1.29 bits per heavy atom. The molecule has 0 bridgehead atoms.